The van der Waals surface area contributed by atoms with Gasteiger partial charge in [0.1, 0.15) is 12.4 Å². The van der Waals surface area contributed by atoms with Crippen LogP contribution in [0.3, 0.4) is 0 Å². The van der Waals surface area contributed by atoms with Gasteiger partial charge in [-0.3, -0.25) is 0 Å². The number of carboxylic acid groups (broad SMARTS) is 2. The average molecular weight is 608 g/mol. The first-order valence-electron chi connectivity index (χ1n) is 15.3. The molecule has 6 nitrogen and oxygen atoms in total. The molecule has 0 spiro atoms. The summed E-state index contributed by atoms with van der Waals surface area (Å²) in [6.07, 6.45) is 3.18. The van der Waals surface area contributed by atoms with Gasteiger partial charge < -0.3 is 20.3 Å². The van der Waals surface area contributed by atoms with Crippen LogP contribution >= 0.6 is 0 Å². The minimum absolute atomic E-state index is 0.173. The van der Waals surface area contributed by atoms with Crippen LogP contribution in [0.25, 0.3) is 0 Å². The second-order valence-corrected chi connectivity index (χ2v) is 12.1. The van der Waals surface area contributed by atoms with Gasteiger partial charge in [0.2, 0.25) is 0 Å². The maximum absolute atomic E-state index is 9.55. The highest BCUT2D eigenvalue weighted by Gasteiger charge is 2.15. The predicted molar refractivity (Wildman–Crippen MR) is 181 cm³/mol. The van der Waals surface area contributed by atoms with Gasteiger partial charge in [0, 0.05) is 24.1 Å². The summed E-state index contributed by atoms with van der Waals surface area (Å²) < 4.78 is 6.04. The second kappa shape index (κ2) is 17.6. The molecule has 0 saturated carbocycles. The molecule has 4 aromatic rings. The van der Waals surface area contributed by atoms with Gasteiger partial charge in [0.05, 0.1) is 0 Å². The van der Waals surface area contributed by atoms with E-state index >= 15 is 0 Å². The zero-order chi connectivity index (χ0) is 32.7. The van der Waals surface area contributed by atoms with E-state index in [1.165, 1.54) is 27.8 Å². The first kappa shape index (κ1) is 34.8. The first-order valence-corrected chi connectivity index (χ1v) is 15.3. The van der Waals surface area contributed by atoms with Gasteiger partial charge in [-0.2, -0.15) is 0 Å². The van der Waals surface area contributed by atoms with Gasteiger partial charge in [-0.15, -0.1) is 0 Å². The number of carbonyl (C=O) groups is 2. The molecule has 0 aliphatic heterocycles. The van der Waals surface area contributed by atoms with Crippen LogP contribution in [0.1, 0.15) is 67.9 Å². The summed E-state index contributed by atoms with van der Waals surface area (Å²) in [6, 6.07) is 39.4. The second-order valence-electron chi connectivity index (χ2n) is 12.1. The molecule has 45 heavy (non-hydrogen) atoms. The Balaban J connectivity index is 0.000000610. The van der Waals surface area contributed by atoms with E-state index in [1.807, 2.05) is 0 Å². The van der Waals surface area contributed by atoms with Crippen molar-refractivity contribution >= 4 is 11.9 Å². The molecule has 0 saturated heterocycles. The van der Waals surface area contributed by atoms with Crippen molar-refractivity contribution in [2.24, 2.45) is 0 Å². The Morgan fingerprint density at radius 2 is 1.22 bits per heavy atom. The highest BCUT2D eigenvalue weighted by atomic mass is 16.5. The van der Waals surface area contributed by atoms with E-state index in [0.29, 0.717) is 30.7 Å². The number of ether oxygens (including phenoxy) is 1. The van der Waals surface area contributed by atoms with Crippen LogP contribution in [0.5, 0.6) is 5.75 Å². The Morgan fingerprint density at radius 1 is 0.733 bits per heavy atom. The normalized spacial score (nSPS) is 11.9. The molecule has 1 unspecified atom stereocenters. The zero-order valence-corrected chi connectivity index (χ0v) is 26.6. The standard InChI is InChI=1S/C35H41NO.C4H4O4/c1-27(36-24-23-34(30-11-7-5-8-12-30)31-13-9-6-10-14-31)25-28-17-21-33(22-18-28)37-26-29-15-19-32(20-16-29)35(2,3)4;5-3(6)1-2-4(7)8/h5-22,27,34,36H,23-26H2,1-4H3;1-2H,(H,5,6)(H,7,8). The fraction of sp³-hybridized carbons (Fsp3) is 0.282. The van der Waals surface area contributed by atoms with Gasteiger partial charge in [-0.1, -0.05) is 118 Å². The van der Waals surface area contributed by atoms with Gasteiger partial charge >= 0.3 is 11.9 Å². The van der Waals surface area contributed by atoms with Crippen LogP contribution in [0.4, 0.5) is 0 Å². The third-order valence-corrected chi connectivity index (χ3v) is 7.39. The summed E-state index contributed by atoms with van der Waals surface area (Å²) in [6.45, 7) is 10.6. The summed E-state index contributed by atoms with van der Waals surface area (Å²) in [5, 5.41) is 19.4. The molecule has 0 aromatic heterocycles. The Bertz CT molecular complexity index is 1420. The predicted octanol–water partition coefficient (Wildman–Crippen LogP) is 8.02. The van der Waals surface area contributed by atoms with E-state index in [9.17, 15) is 9.59 Å². The Kier molecular flexibility index (Phi) is 13.6. The minimum atomic E-state index is -1.26. The SMILES string of the molecule is CC(Cc1ccc(OCc2ccc(C(C)(C)C)cc2)cc1)NCCC(c1ccccc1)c1ccccc1.O=C(O)C=CC(=O)O. The molecule has 0 aliphatic carbocycles. The Hall–Kier alpha value is -4.68. The maximum atomic E-state index is 9.55. The average Bonchev–Trinajstić information content (AvgIpc) is 3.03. The van der Waals surface area contributed by atoms with Crippen LogP contribution in [0.15, 0.2) is 121 Å². The molecule has 0 heterocycles. The van der Waals surface area contributed by atoms with E-state index in [1.54, 1.807) is 0 Å². The van der Waals surface area contributed by atoms with Crippen molar-refractivity contribution in [2.45, 2.75) is 64.5 Å². The minimum Gasteiger partial charge on any atom is -0.489 e. The molecule has 3 N–H and O–H groups in total. The number of nitrogens with one attached hydrogen (secondary N) is 1. The van der Waals surface area contributed by atoms with Crippen molar-refractivity contribution in [3.05, 3.63) is 149 Å². The van der Waals surface area contributed by atoms with E-state index in [0.717, 1.165) is 25.1 Å². The molecule has 6 heteroatoms. The zero-order valence-electron chi connectivity index (χ0n) is 26.6. The lowest BCUT2D eigenvalue weighted by molar-refractivity contribution is -0.134. The van der Waals surface area contributed by atoms with Crippen LogP contribution < -0.4 is 10.1 Å². The van der Waals surface area contributed by atoms with Crippen LogP contribution in [0.2, 0.25) is 0 Å². The van der Waals surface area contributed by atoms with Crippen LogP contribution in [-0.4, -0.2) is 34.7 Å². The number of hydrogen-bond acceptors (Lipinski definition) is 4. The molecule has 0 bridgehead atoms. The molecule has 1 atom stereocenters. The molecule has 0 radical (unpaired) electrons. The maximum Gasteiger partial charge on any atom is 0.328 e. The number of rotatable bonds is 13. The van der Waals surface area contributed by atoms with E-state index < -0.39 is 11.9 Å². The molecule has 236 valence electrons. The van der Waals surface area contributed by atoms with Crippen molar-refractivity contribution in [1.29, 1.82) is 0 Å². The Labute approximate surface area is 267 Å². The molecular weight excluding hydrogens is 562 g/mol. The summed E-state index contributed by atoms with van der Waals surface area (Å²) >= 11 is 0. The largest absolute Gasteiger partial charge is 0.489 e. The quantitative estimate of drug-likeness (QED) is 0.133. The summed E-state index contributed by atoms with van der Waals surface area (Å²) in [7, 11) is 0. The number of benzene rings is 4. The monoisotopic (exact) mass is 607 g/mol. The fourth-order valence-corrected chi connectivity index (χ4v) is 4.93. The van der Waals surface area contributed by atoms with Crippen molar-refractivity contribution in [3.63, 3.8) is 0 Å². The third kappa shape index (κ3) is 12.8. The summed E-state index contributed by atoms with van der Waals surface area (Å²) in [5.41, 5.74) is 6.79. The number of hydrogen-bond donors (Lipinski definition) is 3. The smallest absolute Gasteiger partial charge is 0.328 e. The van der Waals surface area contributed by atoms with Gasteiger partial charge in [0.25, 0.3) is 0 Å². The van der Waals surface area contributed by atoms with Gasteiger partial charge in [-0.05, 0) is 71.7 Å². The third-order valence-electron chi connectivity index (χ3n) is 7.39. The lowest BCUT2D eigenvalue weighted by Crippen LogP contribution is -2.30. The lowest BCUT2D eigenvalue weighted by Gasteiger charge is -2.20. The lowest BCUT2D eigenvalue weighted by atomic mass is 9.87. The molecule has 0 aliphatic rings. The van der Waals surface area contributed by atoms with Crippen molar-refractivity contribution in [1.82, 2.24) is 5.32 Å². The highest BCUT2D eigenvalue weighted by Crippen LogP contribution is 2.27. The highest BCUT2D eigenvalue weighted by molar-refractivity contribution is 5.89. The van der Waals surface area contributed by atoms with E-state index in [-0.39, 0.29) is 5.41 Å². The Morgan fingerprint density at radius 3 is 1.69 bits per heavy atom. The molecular formula is C39H45NO5. The van der Waals surface area contributed by atoms with Crippen molar-refractivity contribution < 1.29 is 24.5 Å². The number of aliphatic carboxylic acids is 2. The van der Waals surface area contributed by atoms with Crippen LogP contribution in [-0.2, 0) is 28.0 Å². The van der Waals surface area contributed by atoms with E-state index in [4.69, 9.17) is 14.9 Å². The van der Waals surface area contributed by atoms with E-state index in [2.05, 4.69) is 142 Å². The summed E-state index contributed by atoms with van der Waals surface area (Å²) in [5.74, 6) is -1.19. The molecule has 4 aromatic carbocycles. The molecule has 0 fully saturated rings. The van der Waals surface area contributed by atoms with Crippen molar-refractivity contribution in [2.75, 3.05) is 6.54 Å². The first-order chi connectivity index (χ1) is 21.5. The van der Waals surface area contributed by atoms with Crippen molar-refractivity contribution in [3.8, 4) is 5.75 Å². The molecule has 4 rings (SSSR count). The van der Waals surface area contributed by atoms with Crippen LogP contribution in [0, 0.1) is 0 Å². The van der Waals surface area contributed by atoms with Gasteiger partial charge in [0.15, 0.2) is 0 Å². The van der Waals surface area contributed by atoms with Gasteiger partial charge in [-0.25, -0.2) is 9.59 Å². The summed E-state index contributed by atoms with van der Waals surface area (Å²) in [4.78, 5) is 19.1. The topological polar surface area (TPSA) is 95.9 Å². The fourth-order valence-electron chi connectivity index (χ4n) is 4.93. The number of carboxylic acids is 2. The molecule has 0 amide bonds.